The Bertz CT molecular complexity index is 804. The van der Waals surface area contributed by atoms with Crippen LogP contribution in [0.4, 0.5) is 0 Å². The van der Waals surface area contributed by atoms with Gasteiger partial charge >= 0.3 is 0 Å². The van der Waals surface area contributed by atoms with Crippen molar-refractivity contribution in [3.8, 4) is 0 Å². The molecule has 7 nitrogen and oxygen atoms in total. The molecule has 0 amide bonds. The summed E-state index contributed by atoms with van der Waals surface area (Å²) >= 11 is 11.8. The zero-order valence-electron chi connectivity index (χ0n) is 12.1. The van der Waals surface area contributed by atoms with Crippen LogP contribution in [0.5, 0.6) is 0 Å². The summed E-state index contributed by atoms with van der Waals surface area (Å²) in [5, 5.41) is 4.30. The van der Waals surface area contributed by atoms with E-state index < -0.39 is 16.1 Å². The van der Waals surface area contributed by atoms with E-state index in [2.05, 4.69) is 10.1 Å². The van der Waals surface area contributed by atoms with Gasteiger partial charge in [0.25, 0.3) is 0 Å². The minimum absolute atomic E-state index is 0.0158. The van der Waals surface area contributed by atoms with Gasteiger partial charge < -0.3 is 9.26 Å². The normalized spacial score (nSPS) is 19.9. The second-order valence-corrected chi connectivity index (χ2v) is 7.75. The van der Waals surface area contributed by atoms with Crippen molar-refractivity contribution < 1.29 is 17.7 Å². The topological polar surface area (TPSA) is 85.5 Å². The second-order valence-electron chi connectivity index (χ2n) is 4.98. The number of benzene rings is 1. The van der Waals surface area contributed by atoms with Crippen LogP contribution in [-0.4, -0.2) is 42.6 Å². The molecule has 10 heteroatoms. The third-order valence-electron chi connectivity index (χ3n) is 3.36. The molecule has 0 N–H and O–H groups in total. The van der Waals surface area contributed by atoms with Crippen LogP contribution in [0.3, 0.4) is 0 Å². The molecule has 1 aliphatic rings. The molecule has 0 radical (unpaired) electrons. The van der Waals surface area contributed by atoms with Gasteiger partial charge in [0.1, 0.15) is 6.04 Å². The Hall–Kier alpha value is -1.19. The second kappa shape index (κ2) is 6.37. The maximum Gasteiger partial charge on any atom is 0.244 e. The number of aryl methyl sites for hydroxylation is 1. The van der Waals surface area contributed by atoms with Crippen LogP contribution in [0.15, 0.2) is 27.6 Å². The molecule has 0 spiro atoms. The first-order valence-corrected chi connectivity index (χ1v) is 8.93. The van der Waals surface area contributed by atoms with E-state index in [-0.39, 0.29) is 40.5 Å². The number of halogens is 2. The molecular formula is C13H13Cl2N3O4S. The summed E-state index contributed by atoms with van der Waals surface area (Å²) in [6.07, 6.45) is 0. The lowest BCUT2D eigenvalue weighted by molar-refractivity contribution is 0.0282. The van der Waals surface area contributed by atoms with Crippen molar-refractivity contribution in [1.29, 1.82) is 0 Å². The quantitative estimate of drug-likeness (QED) is 0.816. The SMILES string of the molecule is Cc1nc([C@H]2COCCN2S(=O)(=O)c2cc(Cl)cc(Cl)c2)no1. The molecule has 1 aromatic heterocycles. The first-order chi connectivity index (χ1) is 10.9. The van der Waals surface area contributed by atoms with Crippen molar-refractivity contribution in [2.75, 3.05) is 19.8 Å². The molecule has 0 saturated carbocycles. The fourth-order valence-electron chi connectivity index (χ4n) is 2.34. The van der Waals surface area contributed by atoms with Crippen molar-refractivity contribution in [2.45, 2.75) is 17.9 Å². The van der Waals surface area contributed by atoms with Crippen LogP contribution in [0.25, 0.3) is 0 Å². The summed E-state index contributed by atoms with van der Waals surface area (Å²) in [4.78, 5) is 4.13. The van der Waals surface area contributed by atoms with Gasteiger partial charge in [-0.2, -0.15) is 9.29 Å². The van der Waals surface area contributed by atoms with E-state index in [0.29, 0.717) is 5.89 Å². The van der Waals surface area contributed by atoms with Gasteiger partial charge in [0.15, 0.2) is 5.82 Å². The molecule has 1 atom stereocenters. The third kappa shape index (κ3) is 3.36. The van der Waals surface area contributed by atoms with Crippen LogP contribution in [0.2, 0.25) is 10.0 Å². The number of morpholine rings is 1. The Labute approximate surface area is 143 Å². The van der Waals surface area contributed by atoms with Gasteiger partial charge in [0.05, 0.1) is 18.1 Å². The third-order valence-corrected chi connectivity index (χ3v) is 5.69. The highest BCUT2D eigenvalue weighted by molar-refractivity contribution is 7.89. The Balaban J connectivity index is 2.02. The summed E-state index contributed by atoms with van der Waals surface area (Å²) in [5.41, 5.74) is 0. The average molecular weight is 378 g/mol. The number of ether oxygens (including phenoxy) is 1. The molecule has 2 aromatic rings. The fraction of sp³-hybridized carbons (Fsp3) is 0.385. The predicted molar refractivity (Wildman–Crippen MR) is 82.9 cm³/mol. The van der Waals surface area contributed by atoms with Crippen molar-refractivity contribution in [3.63, 3.8) is 0 Å². The summed E-state index contributed by atoms with van der Waals surface area (Å²) in [5.74, 6) is 0.618. The molecule has 1 aromatic carbocycles. The molecule has 0 bridgehead atoms. The van der Waals surface area contributed by atoms with Crippen molar-refractivity contribution in [2.24, 2.45) is 0 Å². The van der Waals surface area contributed by atoms with Gasteiger partial charge in [0.2, 0.25) is 15.9 Å². The van der Waals surface area contributed by atoms with E-state index in [1.807, 2.05) is 0 Å². The van der Waals surface area contributed by atoms with E-state index in [9.17, 15) is 8.42 Å². The number of nitrogens with zero attached hydrogens (tertiary/aromatic N) is 3. The Morgan fingerprint density at radius 3 is 2.57 bits per heavy atom. The van der Waals surface area contributed by atoms with E-state index in [1.165, 1.54) is 22.5 Å². The van der Waals surface area contributed by atoms with Gasteiger partial charge in [-0.05, 0) is 18.2 Å². The number of aromatic nitrogens is 2. The first-order valence-electron chi connectivity index (χ1n) is 6.74. The highest BCUT2D eigenvalue weighted by Crippen LogP contribution is 2.31. The lowest BCUT2D eigenvalue weighted by atomic mass is 10.2. The van der Waals surface area contributed by atoms with Crippen LogP contribution in [0.1, 0.15) is 17.8 Å². The van der Waals surface area contributed by atoms with Crippen molar-refractivity contribution in [1.82, 2.24) is 14.4 Å². The minimum atomic E-state index is -3.83. The standard InChI is InChI=1S/C13H13Cl2N3O4S/c1-8-16-13(17-22-8)12-7-21-3-2-18(12)23(19,20)11-5-9(14)4-10(15)6-11/h4-6,12H,2-3,7H2,1H3/t12-/m1/s1. The van der Waals surface area contributed by atoms with E-state index >= 15 is 0 Å². The highest BCUT2D eigenvalue weighted by Gasteiger charge is 2.37. The lowest BCUT2D eigenvalue weighted by Gasteiger charge is -2.32. The molecule has 0 unspecified atom stereocenters. The zero-order chi connectivity index (χ0) is 16.6. The van der Waals surface area contributed by atoms with Crippen molar-refractivity contribution >= 4 is 33.2 Å². The van der Waals surface area contributed by atoms with Crippen LogP contribution < -0.4 is 0 Å². The van der Waals surface area contributed by atoms with Crippen LogP contribution >= 0.6 is 23.2 Å². The molecule has 1 fully saturated rings. The number of rotatable bonds is 3. The smallest absolute Gasteiger partial charge is 0.244 e. The van der Waals surface area contributed by atoms with Crippen molar-refractivity contribution in [3.05, 3.63) is 40.0 Å². The maximum atomic E-state index is 12.9. The molecule has 2 heterocycles. The first kappa shape index (κ1) is 16.7. The number of hydrogen-bond acceptors (Lipinski definition) is 6. The van der Waals surface area contributed by atoms with Gasteiger partial charge in [0, 0.05) is 23.5 Å². The van der Waals surface area contributed by atoms with Gasteiger partial charge in [-0.25, -0.2) is 8.42 Å². The predicted octanol–water partition coefficient (Wildman–Crippen LogP) is 2.45. The summed E-state index contributed by atoms with van der Waals surface area (Å²) in [6.45, 7) is 2.23. The highest BCUT2D eigenvalue weighted by atomic mass is 35.5. The maximum absolute atomic E-state index is 12.9. The van der Waals surface area contributed by atoms with Gasteiger partial charge in [-0.15, -0.1) is 0 Å². The number of sulfonamides is 1. The van der Waals surface area contributed by atoms with Crippen LogP contribution in [0, 0.1) is 6.92 Å². The van der Waals surface area contributed by atoms with E-state index in [0.717, 1.165) is 0 Å². The average Bonchev–Trinajstić information content (AvgIpc) is 2.93. The summed E-state index contributed by atoms with van der Waals surface area (Å²) in [6, 6.07) is 3.53. The van der Waals surface area contributed by atoms with Crippen LogP contribution in [-0.2, 0) is 14.8 Å². The van der Waals surface area contributed by atoms with E-state index in [1.54, 1.807) is 6.92 Å². The largest absolute Gasteiger partial charge is 0.378 e. The van der Waals surface area contributed by atoms with Gasteiger partial charge in [-0.1, -0.05) is 28.4 Å². The number of hydrogen-bond donors (Lipinski definition) is 0. The molecule has 1 saturated heterocycles. The molecule has 0 aliphatic carbocycles. The Morgan fingerprint density at radius 1 is 1.26 bits per heavy atom. The molecule has 23 heavy (non-hydrogen) atoms. The molecular weight excluding hydrogens is 365 g/mol. The van der Waals surface area contributed by atoms with E-state index in [4.69, 9.17) is 32.5 Å². The molecule has 124 valence electrons. The summed E-state index contributed by atoms with van der Waals surface area (Å²) < 4.78 is 37.5. The molecule has 1 aliphatic heterocycles. The fourth-order valence-corrected chi connectivity index (χ4v) is 4.63. The molecule has 3 rings (SSSR count). The lowest BCUT2D eigenvalue weighted by Crippen LogP contribution is -2.43. The summed E-state index contributed by atoms with van der Waals surface area (Å²) in [7, 11) is -3.83. The Kier molecular flexibility index (Phi) is 4.61. The Morgan fingerprint density at radius 2 is 1.96 bits per heavy atom. The minimum Gasteiger partial charge on any atom is -0.378 e. The van der Waals surface area contributed by atoms with Gasteiger partial charge in [-0.3, -0.25) is 0 Å². The monoisotopic (exact) mass is 377 g/mol. The zero-order valence-corrected chi connectivity index (χ0v) is 14.4.